The van der Waals surface area contributed by atoms with E-state index >= 15 is 0 Å². The number of amides is 2. The van der Waals surface area contributed by atoms with E-state index in [9.17, 15) is 9.59 Å². The molecule has 5 nitrogen and oxygen atoms in total. The number of carbonyl (C=O) groups excluding carboxylic acids is 2. The van der Waals surface area contributed by atoms with Crippen molar-refractivity contribution in [2.45, 2.75) is 39.5 Å². The molecular formula is C14H20N2O3. The Balaban J connectivity index is 2.33. The average Bonchev–Trinajstić information content (AvgIpc) is 2.36. The summed E-state index contributed by atoms with van der Waals surface area (Å²) in [5.41, 5.74) is 0.900. The molecule has 1 aromatic carbocycles. The first-order valence-electron chi connectivity index (χ1n) is 6.26. The van der Waals surface area contributed by atoms with Crippen LogP contribution in [0.1, 0.15) is 26.3 Å². The maximum absolute atomic E-state index is 11.6. The standard InChI is InChI=1S/C14H20N2O3/c1-10(2)15-13(17)11(3)16-14(18)19-9-12-7-5-4-6-8-12/h4-8,10-11H,9H2,1-3H3,(H,15,17)(H,16,18). The van der Waals surface area contributed by atoms with Crippen LogP contribution in [0.5, 0.6) is 0 Å². The van der Waals surface area contributed by atoms with Gasteiger partial charge in [-0.25, -0.2) is 4.79 Å². The zero-order chi connectivity index (χ0) is 14.3. The highest BCUT2D eigenvalue weighted by Crippen LogP contribution is 2.00. The quantitative estimate of drug-likeness (QED) is 0.852. The lowest BCUT2D eigenvalue weighted by atomic mass is 10.2. The van der Waals surface area contributed by atoms with Crippen LogP contribution < -0.4 is 10.6 Å². The molecule has 0 saturated carbocycles. The fourth-order valence-electron chi connectivity index (χ4n) is 1.42. The summed E-state index contributed by atoms with van der Waals surface area (Å²) >= 11 is 0. The van der Waals surface area contributed by atoms with E-state index in [-0.39, 0.29) is 18.6 Å². The Morgan fingerprint density at radius 1 is 1.11 bits per heavy atom. The number of rotatable bonds is 5. The van der Waals surface area contributed by atoms with Gasteiger partial charge in [0.15, 0.2) is 0 Å². The lowest BCUT2D eigenvalue weighted by Crippen LogP contribution is -2.46. The number of nitrogens with one attached hydrogen (secondary N) is 2. The zero-order valence-electron chi connectivity index (χ0n) is 11.5. The van der Waals surface area contributed by atoms with Crippen LogP contribution in [0, 0.1) is 0 Å². The molecule has 2 amide bonds. The Morgan fingerprint density at radius 2 is 1.74 bits per heavy atom. The molecule has 1 aromatic rings. The summed E-state index contributed by atoms with van der Waals surface area (Å²) in [5, 5.41) is 5.19. The van der Waals surface area contributed by atoms with Crippen LogP contribution in [0.4, 0.5) is 4.79 Å². The van der Waals surface area contributed by atoms with E-state index in [1.54, 1.807) is 6.92 Å². The van der Waals surface area contributed by atoms with Gasteiger partial charge in [-0.15, -0.1) is 0 Å². The van der Waals surface area contributed by atoms with E-state index in [4.69, 9.17) is 4.74 Å². The maximum atomic E-state index is 11.6. The Kier molecular flexibility index (Phi) is 5.85. The Hall–Kier alpha value is -2.04. The van der Waals surface area contributed by atoms with Crippen LogP contribution in [0.3, 0.4) is 0 Å². The molecule has 0 heterocycles. The molecule has 104 valence electrons. The molecule has 0 aromatic heterocycles. The van der Waals surface area contributed by atoms with Crippen molar-refractivity contribution in [3.8, 4) is 0 Å². The van der Waals surface area contributed by atoms with Gasteiger partial charge in [-0.05, 0) is 26.3 Å². The van der Waals surface area contributed by atoms with Crippen LogP contribution >= 0.6 is 0 Å². The van der Waals surface area contributed by atoms with E-state index in [2.05, 4.69) is 10.6 Å². The van der Waals surface area contributed by atoms with Crippen LogP contribution in [0.15, 0.2) is 30.3 Å². The predicted octanol–water partition coefficient (Wildman–Crippen LogP) is 1.83. The van der Waals surface area contributed by atoms with Crippen molar-refractivity contribution in [1.29, 1.82) is 0 Å². The first-order chi connectivity index (χ1) is 8.99. The van der Waals surface area contributed by atoms with E-state index in [0.29, 0.717) is 0 Å². The molecule has 1 atom stereocenters. The molecule has 0 aliphatic carbocycles. The van der Waals surface area contributed by atoms with Gasteiger partial charge in [0, 0.05) is 6.04 Å². The van der Waals surface area contributed by atoms with E-state index in [1.165, 1.54) is 0 Å². The van der Waals surface area contributed by atoms with Gasteiger partial charge in [-0.1, -0.05) is 30.3 Å². The van der Waals surface area contributed by atoms with Gasteiger partial charge in [-0.2, -0.15) is 0 Å². The first-order valence-corrected chi connectivity index (χ1v) is 6.26. The average molecular weight is 264 g/mol. The van der Waals surface area contributed by atoms with Gasteiger partial charge in [-0.3, -0.25) is 4.79 Å². The number of hydrogen-bond acceptors (Lipinski definition) is 3. The minimum absolute atomic E-state index is 0.0390. The highest BCUT2D eigenvalue weighted by atomic mass is 16.5. The fourth-order valence-corrected chi connectivity index (χ4v) is 1.42. The van der Waals surface area contributed by atoms with Crippen molar-refractivity contribution in [2.24, 2.45) is 0 Å². The molecule has 19 heavy (non-hydrogen) atoms. The third-order valence-corrected chi connectivity index (χ3v) is 2.37. The molecule has 0 fully saturated rings. The highest BCUT2D eigenvalue weighted by molar-refractivity contribution is 5.85. The number of carbonyl (C=O) groups is 2. The number of hydrogen-bond donors (Lipinski definition) is 2. The van der Waals surface area contributed by atoms with Gasteiger partial charge in [0.05, 0.1) is 0 Å². The third-order valence-electron chi connectivity index (χ3n) is 2.37. The molecule has 0 saturated heterocycles. The lowest BCUT2D eigenvalue weighted by Gasteiger charge is -2.15. The van der Waals surface area contributed by atoms with Gasteiger partial charge in [0.2, 0.25) is 5.91 Å². The second-order valence-electron chi connectivity index (χ2n) is 4.59. The Bertz CT molecular complexity index is 418. The Morgan fingerprint density at radius 3 is 2.32 bits per heavy atom. The molecule has 5 heteroatoms. The van der Waals surface area contributed by atoms with Gasteiger partial charge < -0.3 is 15.4 Å². The van der Waals surface area contributed by atoms with E-state index in [1.807, 2.05) is 44.2 Å². The molecule has 1 rings (SSSR count). The summed E-state index contributed by atoms with van der Waals surface area (Å²) in [7, 11) is 0. The lowest BCUT2D eigenvalue weighted by molar-refractivity contribution is -0.123. The van der Waals surface area contributed by atoms with Crippen molar-refractivity contribution >= 4 is 12.0 Å². The largest absolute Gasteiger partial charge is 0.445 e. The molecule has 0 radical (unpaired) electrons. The monoisotopic (exact) mass is 264 g/mol. The summed E-state index contributed by atoms with van der Waals surface area (Å²) in [6.45, 7) is 5.52. The topological polar surface area (TPSA) is 67.4 Å². The fraction of sp³-hybridized carbons (Fsp3) is 0.429. The van der Waals surface area contributed by atoms with Gasteiger partial charge in [0.25, 0.3) is 0 Å². The van der Waals surface area contributed by atoms with Crippen LogP contribution in [0.25, 0.3) is 0 Å². The highest BCUT2D eigenvalue weighted by Gasteiger charge is 2.16. The summed E-state index contributed by atoms with van der Waals surface area (Å²) in [4.78, 5) is 23.1. The van der Waals surface area contributed by atoms with E-state index in [0.717, 1.165) is 5.56 Å². The minimum atomic E-state index is -0.620. The SMILES string of the molecule is CC(C)NC(=O)C(C)NC(=O)OCc1ccccc1. The summed E-state index contributed by atoms with van der Waals surface area (Å²) < 4.78 is 5.02. The Labute approximate surface area is 113 Å². The first kappa shape index (κ1) is 15.0. The number of benzene rings is 1. The van der Waals surface area contributed by atoms with Crippen molar-refractivity contribution < 1.29 is 14.3 Å². The molecular weight excluding hydrogens is 244 g/mol. The van der Waals surface area contributed by atoms with Crippen LogP contribution in [-0.2, 0) is 16.1 Å². The van der Waals surface area contributed by atoms with Crippen molar-refractivity contribution in [3.63, 3.8) is 0 Å². The summed E-state index contributed by atoms with van der Waals surface area (Å²) in [6, 6.07) is 8.78. The van der Waals surface area contributed by atoms with Crippen LogP contribution in [0.2, 0.25) is 0 Å². The second kappa shape index (κ2) is 7.41. The number of ether oxygens (including phenoxy) is 1. The maximum Gasteiger partial charge on any atom is 0.408 e. The molecule has 0 aliphatic heterocycles. The normalized spacial score (nSPS) is 11.8. The van der Waals surface area contributed by atoms with Gasteiger partial charge in [0.1, 0.15) is 12.6 Å². The molecule has 0 spiro atoms. The smallest absolute Gasteiger partial charge is 0.408 e. The molecule has 0 bridgehead atoms. The summed E-state index contributed by atoms with van der Waals surface area (Å²) in [5.74, 6) is -0.230. The minimum Gasteiger partial charge on any atom is -0.445 e. The van der Waals surface area contributed by atoms with Crippen molar-refractivity contribution in [2.75, 3.05) is 0 Å². The van der Waals surface area contributed by atoms with Crippen molar-refractivity contribution in [1.82, 2.24) is 10.6 Å². The third kappa shape index (κ3) is 5.90. The van der Waals surface area contributed by atoms with Gasteiger partial charge >= 0.3 is 6.09 Å². The zero-order valence-corrected chi connectivity index (χ0v) is 11.5. The summed E-state index contributed by atoms with van der Waals surface area (Å²) in [6.07, 6.45) is -0.602. The number of alkyl carbamates (subject to hydrolysis) is 1. The van der Waals surface area contributed by atoms with Crippen molar-refractivity contribution in [3.05, 3.63) is 35.9 Å². The second-order valence-corrected chi connectivity index (χ2v) is 4.59. The van der Waals surface area contributed by atoms with Crippen LogP contribution in [-0.4, -0.2) is 24.1 Å². The predicted molar refractivity (Wildman–Crippen MR) is 72.5 cm³/mol. The molecule has 0 aliphatic rings. The van der Waals surface area contributed by atoms with E-state index < -0.39 is 12.1 Å². The molecule has 1 unspecified atom stereocenters. The molecule has 2 N–H and O–H groups in total.